The highest BCUT2D eigenvalue weighted by atomic mass is 16.1. The van der Waals surface area contributed by atoms with Crippen LogP contribution in [0.25, 0.3) is 10.8 Å². The van der Waals surface area contributed by atoms with E-state index in [4.69, 9.17) is 0 Å². The normalized spacial score (nSPS) is 15.1. The first-order valence-corrected chi connectivity index (χ1v) is 5.94. The van der Waals surface area contributed by atoms with Gasteiger partial charge in [-0.1, -0.05) is 18.2 Å². The van der Waals surface area contributed by atoms with Crippen molar-refractivity contribution in [1.29, 1.82) is 0 Å². The number of hydrogen-bond donors (Lipinski definition) is 1. The fraction of sp³-hybridized carbons (Fsp3) is 0.286. The van der Waals surface area contributed by atoms with E-state index >= 15 is 0 Å². The van der Waals surface area contributed by atoms with Gasteiger partial charge in [-0.3, -0.25) is 9.78 Å². The van der Waals surface area contributed by atoms with E-state index in [-0.39, 0.29) is 5.78 Å². The van der Waals surface area contributed by atoms with Gasteiger partial charge in [-0.2, -0.15) is 0 Å². The minimum atomic E-state index is 0.149. The van der Waals surface area contributed by atoms with Gasteiger partial charge in [0.15, 0.2) is 5.78 Å². The molecular formula is C14H14N2O. The number of hydrogen-bond acceptors (Lipinski definition) is 3. The van der Waals surface area contributed by atoms with E-state index in [0.717, 1.165) is 16.3 Å². The quantitative estimate of drug-likeness (QED) is 0.812. The number of Topliss-reactive ketones (excluding diaryl/α,β-unsaturated/α-hetero) is 1. The number of aromatic nitrogens is 1. The first-order valence-electron chi connectivity index (χ1n) is 5.94. The average Bonchev–Trinajstić information content (AvgIpc) is 3.19. The summed E-state index contributed by atoms with van der Waals surface area (Å²) in [6.45, 7) is 0.429. The van der Waals surface area contributed by atoms with E-state index < -0.39 is 0 Å². The van der Waals surface area contributed by atoms with Crippen LogP contribution >= 0.6 is 0 Å². The van der Waals surface area contributed by atoms with Crippen molar-refractivity contribution in [3.05, 3.63) is 42.2 Å². The van der Waals surface area contributed by atoms with Gasteiger partial charge in [0.05, 0.1) is 6.54 Å². The van der Waals surface area contributed by atoms with Crippen LogP contribution in [0.2, 0.25) is 0 Å². The Morgan fingerprint density at radius 2 is 2.24 bits per heavy atom. The Balaban J connectivity index is 1.89. The summed E-state index contributed by atoms with van der Waals surface area (Å²) >= 11 is 0. The molecule has 1 fully saturated rings. The highest BCUT2D eigenvalue weighted by Crippen LogP contribution is 2.20. The molecule has 1 saturated carbocycles. The zero-order valence-corrected chi connectivity index (χ0v) is 9.52. The first-order chi connectivity index (χ1) is 8.34. The topological polar surface area (TPSA) is 42.0 Å². The van der Waals surface area contributed by atoms with Gasteiger partial charge >= 0.3 is 0 Å². The van der Waals surface area contributed by atoms with E-state index in [1.54, 1.807) is 12.4 Å². The third-order valence-corrected chi connectivity index (χ3v) is 3.11. The minimum Gasteiger partial charge on any atom is -0.307 e. The molecule has 1 aliphatic rings. The van der Waals surface area contributed by atoms with E-state index in [1.165, 1.54) is 12.8 Å². The van der Waals surface area contributed by atoms with E-state index in [1.807, 2.05) is 24.3 Å². The summed E-state index contributed by atoms with van der Waals surface area (Å²) < 4.78 is 0. The predicted molar refractivity (Wildman–Crippen MR) is 67.1 cm³/mol. The van der Waals surface area contributed by atoms with Gasteiger partial charge in [-0.25, -0.2) is 0 Å². The zero-order valence-electron chi connectivity index (χ0n) is 9.52. The lowest BCUT2D eigenvalue weighted by Gasteiger charge is -2.05. The molecule has 0 bridgehead atoms. The van der Waals surface area contributed by atoms with Crippen molar-refractivity contribution in [3.8, 4) is 0 Å². The van der Waals surface area contributed by atoms with Crippen molar-refractivity contribution in [2.24, 2.45) is 0 Å². The summed E-state index contributed by atoms with van der Waals surface area (Å²) in [4.78, 5) is 16.2. The highest BCUT2D eigenvalue weighted by Gasteiger charge is 2.21. The Labute approximate surface area is 99.9 Å². The predicted octanol–water partition coefficient (Wildman–Crippen LogP) is 2.17. The Hall–Kier alpha value is -1.74. The molecule has 0 spiro atoms. The van der Waals surface area contributed by atoms with Crippen molar-refractivity contribution < 1.29 is 4.79 Å². The van der Waals surface area contributed by atoms with Crippen molar-refractivity contribution in [1.82, 2.24) is 10.3 Å². The second-order valence-corrected chi connectivity index (χ2v) is 4.48. The molecule has 2 aromatic rings. The van der Waals surface area contributed by atoms with Crippen LogP contribution < -0.4 is 5.32 Å². The summed E-state index contributed by atoms with van der Waals surface area (Å²) in [5.41, 5.74) is 0.767. The average molecular weight is 226 g/mol. The van der Waals surface area contributed by atoms with Gasteiger partial charge in [0.1, 0.15) is 0 Å². The van der Waals surface area contributed by atoms with Crippen LogP contribution in [-0.4, -0.2) is 23.4 Å². The largest absolute Gasteiger partial charge is 0.307 e. The van der Waals surface area contributed by atoms with Gasteiger partial charge in [-0.05, 0) is 24.3 Å². The lowest BCUT2D eigenvalue weighted by molar-refractivity contribution is 0.0992. The molecule has 1 aromatic heterocycles. The SMILES string of the molecule is O=C(CNC1CC1)c1cccc2ccncc12. The summed E-state index contributed by atoms with van der Waals surface area (Å²) in [6.07, 6.45) is 5.91. The molecule has 17 heavy (non-hydrogen) atoms. The molecule has 3 heteroatoms. The molecule has 3 rings (SSSR count). The number of ketones is 1. The first kappa shape index (κ1) is 10.4. The molecule has 86 valence electrons. The number of nitrogens with one attached hydrogen (secondary N) is 1. The summed E-state index contributed by atoms with van der Waals surface area (Å²) in [7, 11) is 0. The second-order valence-electron chi connectivity index (χ2n) is 4.48. The molecule has 0 unspecified atom stereocenters. The molecule has 3 nitrogen and oxygen atoms in total. The number of benzene rings is 1. The number of pyridine rings is 1. The number of rotatable bonds is 4. The molecule has 0 saturated heterocycles. The molecule has 1 aromatic carbocycles. The lowest BCUT2D eigenvalue weighted by Crippen LogP contribution is -2.24. The second kappa shape index (κ2) is 4.26. The molecular weight excluding hydrogens is 212 g/mol. The van der Waals surface area contributed by atoms with E-state index in [9.17, 15) is 4.79 Å². The maximum absolute atomic E-state index is 12.1. The monoisotopic (exact) mass is 226 g/mol. The summed E-state index contributed by atoms with van der Waals surface area (Å²) in [5, 5.41) is 5.26. The zero-order chi connectivity index (χ0) is 11.7. The lowest BCUT2D eigenvalue weighted by atomic mass is 10.0. The summed E-state index contributed by atoms with van der Waals surface area (Å²) in [5.74, 6) is 0.149. The van der Waals surface area contributed by atoms with Crippen LogP contribution in [0.1, 0.15) is 23.2 Å². The van der Waals surface area contributed by atoms with Crippen molar-refractivity contribution in [2.75, 3.05) is 6.54 Å². The third kappa shape index (κ3) is 2.19. The molecule has 1 aliphatic carbocycles. The molecule has 0 amide bonds. The van der Waals surface area contributed by atoms with Gasteiger partial charge < -0.3 is 5.32 Å². The van der Waals surface area contributed by atoms with Gasteiger partial charge in [0.25, 0.3) is 0 Å². The van der Waals surface area contributed by atoms with Crippen LogP contribution in [0, 0.1) is 0 Å². The number of fused-ring (bicyclic) bond motifs is 1. The highest BCUT2D eigenvalue weighted by molar-refractivity contribution is 6.08. The Morgan fingerprint density at radius 3 is 3.06 bits per heavy atom. The Kier molecular flexibility index (Phi) is 2.61. The Morgan fingerprint density at radius 1 is 1.35 bits per heavy atom. The van der Waals surface area contributed by atoms with Crippen LogP contribution in [-0.2, 0) is 0 Å². The number of carbonyl (C=O) groups is 1. The fourth-order valence-corrected chi connectivity index (χ4v) is 1.98. The van der Waals surface area contributed by atoms with Gasteiger partial charge in [0.2, 0.25) is 0 Å². The molecule has 0 radical (unpaired) electrons. The smallest absolute Gasteiger partial charge is 0.177 e. The van der Waals surface area contributed by atoms with Crippen LogP contribution in [0.3, 0.4) is 0 Å². The maximum Gasteiger partial charge on any atom is 0.177 e. The molecule has 0 atom stereocenters. The molecule has 1 heterocycles. The van der Waals surface area contributed by atoms with Crippen molar-refractivity contribution in [2.45, 2.75) is 18.9 Å². The minimum absolute atomic E-state index is 0.149. The summed E-state index contributed by atoms with van der Waals surface area (Å²) in [6, 6.07) is 8.29. The fourth-order valence-electron chi connectivity index (χ4n) is 1.98. The van der Waals surface area contributed by atoms with E-state index in [0.29, 0.717) is 12.6 Å². The Bertz CT molecular complexity index is 556. The number of nitrogens with zero attached hydrogens (tertiary/aromatic N) is 1. The number of carbonyl (C=O) groups excluding carboxylic acids is 1. The van der Waals surface area contributed by atoms with Crippen molar-refractivity contribution in [3.63, 3.8) is 0 Å². The molecule has 0 aliphatic heterocycles. The van der Waals surface area contributed by atoms with Crippen LogP contribution in [0.4, 0.5) is 0 Å². The van der Waals surface area contributed by atoms with E-state index in [2.05, 4.69) is 10.3 Å². The van der Waals surface area contributed by atoms with Gasteiger partial charge in [-0.15, -0.1) is 0 Å². The van der Waals surface area contributed by atoms with Crippen molar-refractivity contribution >= 4 is 16.6 Å². The van der Waals surface area contributed by atoms with Crippen LogP contribution in [0.15, 0.2) is 36.7 Å². The third-order valence-electron chi connectivity index (χ3n) is 3.11. The molecule has 1 N–H and O–H groups in total. The standard InChI is InChI=1S/C14H14N2O/c17-14(9-16-11-4-5-11)12-3-1-2-10-6-7-15-8-13(10)12/h1-3,6-8,11,16H,4-5,9H2. The van der Waals surface area contributed by atoms with Crippen LogP contribution in [0.5, 0.6) is 0 Å². The maximum atomic E-state index is 12.1. The van der Waals surface area contributed by atoms with Gasteiger partial charge in [0, 0.05) is 29.4 Å².